The Kier molecular flexibility index (Phi) is 6.49. The van der Waals surface area contributed by atoms with Crippen molar-refractivity contribution in [3.8, 4) is 17.0 Å². The van der Waals surface area contributed by atoms with Crippen LogP contribution in [0.5, 0.6) is 5.75 Å². The Labute approximate surface area is 208 Å². The molecule has 3 aromatic rings. The lowest BCUT2D eigenvalue weighted by atomic mass is 10.0. The lowest BCUT2D eigenvalue weighted by Crippen LogP contribution is -2.27. The molecular formula is C27H30FN5O3. The second kappa shape index (κ2) is 9.73. The molecule has 0 unspecified atom stereocenters. The molecule has 4 N–H and O–H groups in total. The van der Waals surface area contributed by atoms with Crippen LogP contribution in [0.2, 0.25) is 0 Å². The van der Waals surface area contributed by atoms with Crippen LogP contribution in [-0.2, 0) is 5.54 Å². The van der Waals surface area contributed by atoms with Gasteiger partial charge in [-0.15, -0.1) is 0 Å². The number of carbonyl (C=O) groups excluding carboxylic acids is 1. The molecule has 0 saturated heterocycles. The van der Waals surface area contributed by atoms with E-state index in [-0.39, 0.29) is 28.9 Å². The number of nitrogens with zero attached hydrogens (tertiary/aromatic N) is 1. The van der Waals surface area contributed by atoms with Crippen LogP contribution in [0, 0.1) is 12.7 Å². The van der Waals surface area contributed by atoms with Crippen molar-refractivity contribution < 1.29 is 13.9 Å². The minimum absolute atomic E-state index is 0.141. The number of carbonyl (C=O) groups is 1. The molecular weight excluding hydrogens is 461 g/mol. The molecule has 0 atom stereocenters. The number of H-pyrrole nitrogens is 1. The van der Waals surface area contributed by atoms with E-state index >= 15 is 0 Å². The summed E-state index contributed by atoms with van der Waals surface area (Å²) < 4.78 is 20.8. The van der Waals surface area contributed by atoms with Crippen molar-refractivity contribution >= 4 is 11.7 Å². The Morgan fingerprint density at radius 3 is 2.75 bits per heavy atom. The monoisotopic (exact) mass is 491 g/mol. The van der Waals surface area contributed by atoms with Crippen LogP contribution in [0.3, 0.4) is 0 Å². The fraction of sp³-hybridized carbons (Fsp3) is 0.370. The van der Waals surface area contributed by atoms with E-state index < -0.39 is 11.4 Å². The zero-order valence-electron chi connectivity index (χ0n) is 20.4. The first-order valence-electron chi connectivity index (χ1n) is 12.3. The molecule has 1 aromatic heterocycles. The molecule has 0 aliphatic heterocycles. The zero-order chi connectivity index (χ0) is 25.3. The van der Waals surface area contributed by atoms with Crippen LogP contribution in [0.15, 0.2) is 47.4 Å². The number of halogens is 1. The molecule has 2 fully saturated rings. The minimum atomic E-state index is -0.498. The molecule has 2 aliphatic rings. The van der Waals surface area contributed by atoms with Crippen LogP contribution < -0.4 is 26.2 Å². The summed E-state index contributed by atoms with van der Waals surface area (Å²) in [6.07, 6.45) is 4.96. The summed E-state index contributed by atoms with van der Waals surface area (Å²) in [6, 6.07) is 10.8. The van der Waals surface area contributed by atoms with Gasteiger partial charge in [-0.2, -0.15) is 0 Å². The van der Waals surface area contributed by atoms with Gasteiger partial charge in [-0.25, -0.2) is 9.37 Å². The van der Waals surface area contributed by atoms with E-state index in [0.717, 1.165) is 37.0 Å². The Balaban J connectivity index is 1.45. The van der Waals surface area contributed by atoms with Crippen molar-refractivity contribution in [1.29, 1.82) is 0 Å². The number of aromatic amines is 1. The zero-order valence-corrected chi connectivity index (χ0v) is 20.4. The SMILES string of the molecule is CNCCOc1ccccc1C1(Nc2nc(-c3cc(C(=O)NC4CC4)cc(F)c3C)c[nH]c2=O)CC1. The lowest BCUT2D eigenvalue weighted by Gasteiger charge is -2.22. The fourth-order valence-corrected chi connectivity index (χ4v) is 4.27. The van der Waals surface area contributed by atoms with Gasteiger partial charge >= 0.3 is 0 Å². The van der Waals surface area contributed by atoms with Crippen LogP contribution in [-0.4, -0.2) is 42.1 Å². The van der Waals surface area contributed by atoms with Crippen LogP contribution in [0.4, 0.5) is 10.2 Å². The van der Waals surface area contributed by atoms with Gasteiger partial charge in [0.15, 0.2) is 5.82 Å². The van der Waals surface area contributed by atoms with Gasteiger partial charge < -0.3 is 25.7 Å². The Morgan fingerprint density at radius 1 is 1.25 bits per heavy atom. The van der Waals surface area contributed by atoms with Crippen molar-refractivity contribution in [1.82, 2.24) is 20.6 Å². The van der Waals surface area contributed by atoms with Crippen molar-refractivity contribution in [2.45, 2.75) is 44.2 Å². The molecule has 188 valence electrons. The third kappa shape index (κ3) is 4.97. The smallest absolute Gasteiger partial charge is 0.290 e. The predicted molar refractivity (Wildman–Crippen MR) is 136 cm³/mol. The number of nitrogens with one attached hydrogen (secondary N) is 4. The first kappa shape index (κ1) is 24.0. The van der Waals surface area contributed by atoms with E-state index in [1.807, 2.05) is 31.3 Å². The van der Waals surface area contributed by atoms with E-state index in [4.69, 9.17) is 4.74 Å². The van der Waals surface area contributed by atoms with Gasteiger partial charge in [0.2, 0.25) is 0 Å². The topological polar surface area (TPSA) is 108 Å². The second-order valence-electron chi connectivity index (χ2n) is 9.50. The third-order valence-corrected chi connectivity index (χ3v) is 6.70. The van der Waals surface area contributed by atoms with Crippen LogP contribution in [0.25, 0.3) is 11.3 Å². The van der Waals surface area contributed by atoms with E-state index in [9.17, 15) is 14.0 Å². The number of amides is 1. The average molecular weight is 492 g/mol. The summed E-state index contributed by atoms with van der Waals surface area (Å²) >= 11 is 0. The first-order valence-corrected chi connectivity index (χ1v) is 12.3. The number of ether oxygens (including phenoxy) is 1. The quantitative estimate of drug-likeness (QED) is 0.324. The molecule has 36 heavy (non-hydrogen) atoms. The summed E-state index contributed by atoms with van der Waals surface area (Å²) in [5.74, 6) is 0.0924. The standard InChI is InChI=1S/C27H30FN5O3/c1-16-19(13-17(14-21(16)28)25(34)31-18-7-8-18)22-15-30-26(35)24(32-22)33-27(9-10-27)20-5-3-4-6-23(20)36-12-11-29-2/h3-6,13-15,18,29H,7-12H2,1-2H3,(H,30,35)(H,31,34)(H,32,33). The fourth-order valence-electron chi connectivity index (χ4n) is 4.27. The number of likely N-dealkylation sites (N-methyl/N-ethyl adjacent to an activating group) is 1. The van der Waals surface area contributed by atoms with Gasteiger partial charge in [0, 0.05) is 35.5 Å². The van der Waals surface area contributed by atoms with Crippen molar-refractivity contribution in [2.24, 2.45) is 0 Å². The maximum absolute atomic E-state index is 14.8. The molecule has 2 aliphatic carbocycles. The molecule has 9 heteroatoms. The molecule has 2 saturated carbocycles. The van der Waals surface area contributed by atoms with E-state index in [1.54, 1.807) is 13.0 Å². The predicted octanol–water partition coefficient (Wildman–Crippen LogP) is 3.48. The molecule has 0 bridgehead atoms. The maximum atomic E-state index is 14.8. The van der Waals surface area contributed by atoms with Crippen molar-refractivity contribution in [2.75, 3.05) is 25.5 Å². The van der Waals surface area contributed by atoms with Crippen LogP contribution >= 0.6 is 0 Å². The number of hydrogen-bond acceptors (Lipinski definition) is 6. The molecule has 2 aromatic carbocycles. The summed E-state index contributed by atoms with van der Waals surface area (Å²) in [4.78, 5) is 32.6. The second-order valence-corrected chi connectivity index (χ2v) is 9.50. The van der Waals surface area contributed by atoms with Gasteiger partial charge in [0.1, 0.15) is 18.2 Å². The Morgan fingerprint density at radius 2 is 2.03 bits per heavy atom. The Hall–Kier alpha value is -3.72. The molecule has 0 radical (unpaired) electrons. The van der Waals surface area contributed by atoms with Gasteiger partial charge in [-0.3, -0.25) is 9.59 Å². The van der Waals surface area contributed by atoms with Gasteiger partial charge in [0.25, 0.3) is 11.5 Å². The molecule has 1 amide bonds. The summed E-state index contributed by atoms with van der Waals surface area (Å²) in [7, 11) is 1.87. The number of hydrogen-bond donors (Lipinski definition) is 4. The number of aromatic nitrogens is 2. The molecule has 8 nitrogen and oxygen atoms in total. The largest absolute Gasteiger partial charge is 0.492 e. The van der Waals surface area contributed by atoms with Gasteiger partial charge in [-0.1, -0.05) is 18.2 Å². The Bertz CT molecular complexity index is 1350. The number of para-hydroxylation sites is 1. The molecule has 5 rings (SSSR count). The number of anilines is 1. The summed E-state index contributed by atoms with van der Waals surface area (Å²) in [6.45, 7) is 2.87. The maximum Gasteiger partial charge on any atom is 0.290 e. The van der Waals surface area contributed by atoms with Crippen molar-refractivity contribution in [3.05, 3.63) is 75.5 Å². The average Bonchev–Trinajstić information content (AvgIpc) is 3.80. The van der Waals surface area contributed by atoms with Gasteiger partial charge in [0.05, 0.1) is 11.2 Å². The van der Waals surface area contributed by atoms with E-state index in [0.29, 0.717) is 30.0 Å². The molecule has 0 spiro atoms. The molecule has 1 heterocycles. The highest BCUT2D eigenvalue weighted by atomic mass is 19.1. The first-order chi connectivity index (χ1) is 17.4. The van der Waals surface area contributed by atoms with E-state index in [1.165, 1.54) is 12.3 Å². The highest BCUT2D eigenvalue weighted by molar-refractivity contribution is 5.96. The highest BCUT2D eigenvalue weighted by Gasteiger charge is 2.47. The van der Waals surface area contributed by atoms with Crippen LogP contribution in [0.1, 0.15) is 47.2 Å². The minimum Gasteiger partial charge on any atom is -0.492 e. The number of benzene rings is 2. The summed E-state index contributed by atoms with van der Waals surface area (Å²) in [5.41, 5.74) is 1.54. The van der Waals surface area contributed by atoms with Crippen molar-refractivity contribution in [3.63, 3.8) is 0 Å². The van der Waals surface area contributed by atoms with E-state index in [2.05, 4.69) is 25.9 Å². The highest BCUT2D eigenvalue weighted by Crippen LogP contribution is 2.50. The summed E-state index contributed by atoms with van der Waals surface area (Å²) in [5, 5.41) is 9.29. The lowest BCUT2D eigenvalue weighted by molar-refractivity contribution is 0.0950. The normalized spacial score (nSPS) is 15.9. The van der Waals surface area contributed by atoms with Gasteiger partial charge in [-0.05, 0) is 63.4 Å². The third-order valence-electron chi connectivity index (χ3n) is 6.70. The number of rotatable bonds is 10.